The van der Waals surface area contributed by atoms with Gasteiger partial charge in [-0.2, -0.15) is 0 Å². The highest BCUT2D eigenvalue weighted by atomic mass is 19.1. The first-order chi connectivity index (χ1) is 9.59. The molecule has 0 bridgehead atoms. The maximum absolute atomic E-state index is 13.9. The number of carboxylic acids is 1. The van der Waals surface area contributed by atoms with Crippen molar-refractivity contribution in [2.45, 2.75) is 6.42 Å². The van der Waals surface area contributed by atoms with Crippen LogP contribution in [0, 0.1) is 5.82 Å². The van der Waals surface area contributed by atoms with E-state index in [9.17, 15) is 9.18 Å². The van der Waals surface area contributed by atoms with Crippen LogP contribution in [-0.4, -0.2) is 24.7 Å². The van der Waals surface area contributed by atoms with Crippen LogP contribution < -0.4 is 4.90 Å². The Balaban J connectivity index is 2.17. The smallest absolute Gasteiger partial charge is 0.337 e. The number of hydrogen-bond donors (Lipinski definition) is 1. The van der Waals surface area contributed by atoms with Crippen LogP contribution in [0.2, 0.25) is 0 Å². The van der Waals surface area contributed by atoms with Crippen LogP contribution in [0.3, 0.4) is 0 Å². The van der Waals surface area contributed by atoms with E-state index in [-0.39, 0.29) is 11.3 Å². The van der Waals surface area contributed by atoms with Gasteiger partial charge in [-0.1, -0.05) is 36.4 Å². The minimum absolute atomic E-state index is 0.0134. The van der Waals surface area contributed by atoms with Gasteiger partial charge in [0.2, 0.25) is 0 Å². The number of aromatic carboxylic acids is 1. The van der Waals surface area contributed by atoms with Crippen molar-refractivity contribution in [2.24, 2.45) is 0 Å². The topological polar surface area (TPSA) is 40.5 Å². The summed E-state index contributed by atoms with van der Waals surface area (Å²) in [6.07, 6.45) is 0.727. The first kappa shape index (κ1) is 14.1. The van der Waals surface area contributed by atoms with E-state index in [1.54, 1.807) is 11.9 Å². The Morgan fingerprint density at radius 2 is 1.85 bits per heavy atom. The predicted molar refractivity (Wildman–Crippen MR) is 76.8 cm³/mol. The molecule has 0 saturated carbocycles. The highest BCUT2D eigenvalue weighted by Crippen LogP contribution is 2.23. The lowest BCUT2D eigenvalue weighted by molar-refractivity contribution is 0.0697. The molecule has 1 N–H and O–H groups in total. The van der Waals surface area contributed by atoms with Gasteiger partial charge in [-0.15, -0.1) is 0 Å². The molecular formula is C16H16FNO2. The van der Waals surface area contributed by atoms with Gasteiger partial charge in [-0.3, -0.25) is 0 Å². The molecule has 20 heavy (non-hydrogen) atoms. The third kappa shape index (κ3) is 3.15. The molecule has 0 spiro atoms. The van der Waals surface area contributed by atoms with E-state index in [4.69, 9.17) is 5.11 Å². The third-order valence-electron chi connectivity index (χ3n) is 3.18. The van der Waals surface area contributed by atoms with Gasteiger partial charge in [0.25, 0.3) is 0 Å². The molecule has 2 rings (SSSR count). The Bertz CT molecular complexity index is 599. The zero-order chi connectivity index (χ0) is 14.5. The molecule has 0 aliphatic carbocycles. The van der Waals surface area contributed by atoms with Crippen molar-refractivity contribution >= 4 is 11.7 Å². The fourth-order valence-electron chi connectivity index (χ4n) is 2.13. The summed E-state index contributed by atoms with van der Waals surface area (Å²) in [6.45, 7) is 0.547. The number of rotatable bonds is 5. The van der Waals surface area contributed by atoms with Gasteiger partial charge in [0, 0.05) is 13.6 Å². The molecule has 0 aliphatic heterocycles. The van der Waals surface area contributed by atoms with E-state index in [0.717, 1.165) is 12.0 Å². The summed E-state index contributed by atoms with van der Waals surface area (Å²) < 4.78 is 13.9. The van der Waals surface area contributed by atoms with Gasteiger partial charge in [0.15, 0.2) is 0 Å². The SMILES string of the molecule is CN(CCc1ccccc1)c1c(F)cccc1C(=O)O. The van der Waals surface area contributed by atoms with E-state index in [1.807, 2.05) is 30.3 Å². The maximum Gasteiger partial charge on any atom is 0.337 e. The summed E-state index contributed by atoms with van der Waals surface area (Å²) in [5.74, 6) is -1.63. The Morgan fingerprint density at radius 3 is 2.50 bits per heavy atom. The Labute approximate surface area is 117 Å². The third-order valence-corrected chi connectivity index (χ3v) is 3.18. The minimum atomic E-state index is -1.12. The largest absolute Gasteiger partial charge is 0.478 e. The summed E-state index contributed by atoms with van der Waals surface area (Å²) in [5, 5.41) is 9.13. The molecular weight excluding hydrogens is 257 g/mol. The molecule has 0 unspecified atom stereocenters. The van der Waals surface area contributed by atoms with Crippen molar-refractivity contribution < 1.29 is 14.3 Å². The zero-order valence-corrected chi connectivity index (χ0v) is 11.2. The molecule has 0 saturated heterocycles. The minimum Gasteiger partial charge on any atom is -0.478 e. The molecule has 3 nitrogen and oxygen atoms in total. The van der Waals surface area contributed by atoms with Crippen LogP contribution >= 0.6 is 0 Å². The number of carboxylic acid groups (broad SMARTS) is 1. The molecule has 0 aromatic heterocycles. The van der Waals surface area contributed by atoms with Crippen molar-refractivity contribution in [3.05, 3.63) is 65.5 Å². The van der Waals surface area contributed by atoms with Gasteiger partial charge >= 0.3 is 5.97 Å². The molecule has 0 atom stereocenters. The Hall–Kier alpha value is -2.36. The number of carbonyl (C=O) groups is 1. The quantitative estimate of drug-likeness (QED) is 0.909. The van der Waals surface area contributed by atoms with E-state index < -0.39 is 11.8 Å². The van der Waals surface area contributed by atoms with Crippen molar-refractivity contribution in [1.29, 1.82) is 0 Å². The molecule has 0 amide bonds. The van der Waals surface area contributed by atoms with Crippen molar-refractivity contribution in [3.63, 3.8) is 0 Å². The molecule has 0 fully saturated rings. The van der Waals surface area contributed by atoms with Crippen LogP contribution in [0.1, 0.15) is 15.9 Å². The summed E-state index contributed by atoms with van der Waals surface area (Å²) in [5.41, 5.74) is 1.25. The lowest BCUT2D eigenvalue weighted by Crippen LogP contribution is -2.24. The number of halogens is 1. The molecule has 104 valence electrons. The van der Waals surface area contributed by atoms with Crippen LogP contribution in [0.25, 0.3) is 0 Å². The van der Waals surface area contributed by atoms with E-state index >= 15 is 0 Å². The van der Waals surface area contributed by atoms with Crippen LogP contribution in [0.4, 0.5) is 10.1 Å². The average molecular weight is 273 g/mol. The fraction of sp³-hybridized carbons (Fsp3) is 0.188. The number of anilines is 1. The number of benzene rings is 2. The van der Waals surface area contributed by atoms with E-state index in [0.29, 0.717) is 6.54 Å². The number of hydrogen-bond acceptors (Lipinski definition) is 2. The summed E-state index contributed by atoms with van der Waals surface area (Å²) in [4.78, 5) is 12.8. The van der Waals surface area contributed by atoms with Gasteiger partial charge in [0.05, 0.1) is 11.3 Å². The Kier molecular flexibility index (Phi) is 4.35. The first-order valence-electron chi connectivity index (χ1n) is 6.36. The lowest BCUT2D eigenvalue weighted by atomic mass is 10.1. The average Bonchev–Trinajstić information content (AvgIpc) is 2.45. The fourth-order valence-corrected chi connectivity index (χ4v) is 2.13. The molecule has 0 heterocycles. The highest BCUT2D eigenvalue weighted by Gasteiger charge is 2.17. The summed E-state index contributed by atoms with van der Waals surface area (Å²) >= 11 is 0. The van der Waals surface area contributed by atoms with E-state index in [2.05, 4.69) is 0 Å². The Morgan fingerprint density at radius 1 is 1.15 bits per heavy atom. The van der Waals surface area contributed by atoms with Gasteiger partial charge in [0.1, 0.15) is 5.82 Å². The van der Waals surface area contributed by atoms with Crippen LogP contribution in [0.5, 0.6) is 0 Å². The zero-order valence-electron chi connectivity index (χ0n) is 11.2. The van der Waals surface area contributed by atoms with Crippen LogP contribution in [0.15, 0.2) is 48.5 Å². The molecule has 4 heteroatoms. The molecule has 2 aromatic carbocycles. The van der Waals surface area contributed by atoms with Crippen LogP contribution in [-0.2, 0) is 6.42 Å². The van der Waals surface area contributed by atoms with E-state index in [1.165, 1.54) is 18.2 Å². The van der Waals surface area contributed by atoms with Crippen molar-refractivity contribution in [1.82, 2.24) is 0 Å². The lowest BCUT2D eigenvalue weighted by Gasteiger charge is -2.21. The number of para-hydroxylation sites is 1. The van der Waals surface area contributed by atoms with Gasteiger partial charge in [-0.25, -0.2) is 9.18 Å². The monoisotopic (exact) mass is 273 g/mol. The van der Waals surface area contributed by atoms with Gasteiger partial charge < -0.3 is 10.0 Å². The predicted octanol–water partition coefficient (Wildman–Crippen LogP) is 3.20. The standard InChI is InChI=1S/C16H16FNO2/c1-18(11-10-12-6-3-2-4-7-12)15-13(16(19)20)8-5-9-14(15)17/h2-9H,10-11H2,1H3,(H,19,20). The molecule has 2 aromatic rings. The first-order valence-corrected chi connectivity index (χ1v) is 6.36. The number of nitrogens with zero attached hydrogens (tertiary/aromatic N) is 1. The molecule has 0 radical (unpaired) electrons. The highest BCUT2D eigenvalue weighted by molar-refractivity contribution is 5.94. The summed E-state index contributed by atoms with van der Waals surface area (Å²) in [7, 11) is 1.70. The number of likely N-dealkylation sites (N-methyl/N-ethyl adjacent to an activating group) is 1. The normalized spacial score (nSPS) is 10.3. The second kappa shape index (κ2) is 6.19. The second-order valence-electron chi connectivity index (χ2n) is 4.60. The second-order valence-corrected chi connectivity index (χ2v) is 4.60. The maximum atomic E-state index is 13.9. The van der Waals surface area contributed by atoms with Gasteiger partial charge in [-0.05, 0) is 24.1 Å². The summed E-state index contributed by atoms with van der Waals surface area (Å²) in [6, 6.07) is 13.9. The van der Waals surface area contributed by atoms with Crippen molar-refractivity contribution in [2.75, 3.05) is 18.5 Å². The van der Waals surface area contributed by atoms with Crippen molar-refractivity contribution in [3.8, 4) is 0 Å². The molecule has 0 aliphatic rings.